The third-order valence-electron chi connectivity index (χ3n) is 10.7. The molecule has 0 atom stereocenters. The van der Waals surface area contributed by atoms with E-state index in [1.807, 2.05) is 60.7 Å². The quantitative estimate of drug-likeness (QED) is 0.175. The van der Waals surface area contributed by atoms with Crippen LogP contribution in [0.4, 0.5) is 0 Å². The monoisotopic (exact) mass is 746 g/mol. The first-order chi connectivity index (χ1) is 28.5. The fraction of sp³-hybridized carbons (Fsp3) is 0.0400. The van der Waals surface area contributed by atoms with E-state index in [-0.39, 0.29) is 0 Å². The molecule has 0 radical (unpaired) electrons. The minimum atomic E-state index is 0.806. The number of hydrogen-bond acceptors (Lipinski definition) is 6. The lowest BCUT2D eigenvalue weighted by Crippen LogP contribution is -1.98. The summed E-state index contributed by atoms with van der Waals surface area (Å²) in [5, 5.41) is 0. The summed E-state index contributed by atoms with van der Waals surface area (Å²) in [6.07, 6.45) is 0. The number of aromatic amines is 2. The van der Waals surface area contributed by atoms with Crippen molar-refractivity contribution in [3.8, 4) is 67.8 Å². The Labute approximate surface area is 333 Å². The number of nitrogens with one attached hydrogen (secondary N) is 2. The van der Waals surface area contributed by atoms with Gasteiger partial charge in [0.15, 0.2) is 0 Å². The van der Waals surface area contributed by atoms with Crippen LogP contribution in [0.2, 0.25) is 0 Å². The third-order valence-corrected chi connectivity index (χ3v) is 10.7. The van der Waals surface area contributed by atoms with E-state index in [4.69, 9.17) is 29.9 Å². The molecule has 11 aromatic rings. The first-order valence-corrected chi connectivity index (χ1v) is 19.3. The van der Waals surface area contributed by atoms with Crippen molar-refractivity contribution >= 4 is 44.1 Å². The third kappa shape index (κ3) is 5.95. The van der Waals surface area contributed by atoms with E-state index in [2.05, 4.69) is 121 Å². The zero-order valence-electron chi connectivity index (χ0n) is 31.7. The normalized spacial score (nSPS) is 11.6. The molecular weight excluding hydrogens is 713 g/mol. The molecule has 58 heavy (non-hydrogen) atoms. The van der Waals surface area contributed by atoms with Crippen LogP contribution in [-0.4, -0.2) is 39.9 Å². The lowest BCUT2D eigenvalue weighted by molar-refractivity contribution is 1.27. The van der Waals surface area contributed by atoms with Gasteiger partial charge in [-0.15, -0.1) is 0 Å². The van der Waals surface area contributed by atoms with E-state index in [0.717, 1.165) is 123 Å². The summed E-state index contributed by atoms with van der Waals surface area (Å²) in [4.78, 5) is 37.4. The number of aryl methyl sites for hydroxylation is 2. The van der Waals surface area contributed by atoms with E-state index in [1.54, 1.807) is 0 Å². The van der Waals surface area contributed by atoms with Gasteiger partial charge in [-0.3, -0.25) is 0 Å². The molecule has 11 rings (SSSR count). The number of benzene rings is 7. The maximum atomic E-state index is 5.22. The molecule has 4 aromatic heterocycles. The van der Waals surface area contributed by atoms with Gasteiger partial charge >= 0.3 is 0 Å². The molecule has 0 aliphatic rings. The average molecular weight is 747 g/mol. The van der Waals surface area contributed by atoms with E-state index in [9.17, 15) is 0 Å². The van der Waals surface area contributed by atoms with E-state index >= 15 is 0 Å². The predicted octanol–water partition coefficient (Wildman–Crippen LogP) is 11.9. The summed E-state index contributed by atoms with van der Waals surface area (Å²) >= 11 is 0. The highest BCUT2D eigenvalue weighted by Crippen LogP contribution is 2.37. The van der Waals surface area contributed by atoms with Crippen molar-refractivity contribution < 1.29 is 0 Å². The second-order valence-corrected chi connectivity index (χ2v) is 14.8. The number of nitrogens with zero attached hydrogens (tertiary/aromatic N) is 6. The Bertz CT molecular complexity index is 3050. The van der Waals surface area contributed by atoms with E-state index < -0.39 is 0 Å². The van der Waals surface area contributed by atoms with Crippen LogP contribution in [-0.2, 0) is 0 Å². The highest BCUT2D eigenvalue weighted by atomic mass is 14.9. The van der Waals surface area contributed by atoms with Crippen LogP contribution < -0.4 is 0 Å². The van der Waals surface area contributed by atoms with Gasteiger partial charge in [0.25, 0.3) is 0 Å². The number of aromatic nitrogens is 8. The summed E-state index contributed by atoms with van der Waals surface area (Å²) < 4.78 is 0. The van der Waals surface area contributed by atoms with Gasteiger partial charge in [-0.05, 0) is 73.5 Å². The van der Waals surface area contributed by atoms with Gasteiger partial charge in [-0.25, -0.2) is 29.9 Å². The van der Waals surface area contributed by atoms with Crippen LogP contribution in [0.25, 0.3) is 112 Å². The van der Waals surface area contributed by atoms with Gasteiger partial charge in [-0.1, -0.05) is 109 Å². The standard InChI is InChI=1S/C50H34N8/c1-29-11-25-41-43(27-29)53-47(33-17-21-35(22-18-33)49-55-37-7-3-4-8-38(37)56-49)45(51-41)31-13-15-32(16-14-31)46-48(54-44-28-30(2)12-26-42(44)52-46)34-19-23-36(24-20-34)50-57-39-9-5-6-10-40(39)58-50/h3-28H,1-2H3,(H,55,56)(H,57,58). The Kier molecular flexibility index (Phi) is 7.75. The molecule has 274 valence electrons. The van der Waals surface area contributed by atoms with Gasteiger partial charge < -0.3 is 9.97 Å². The molecule has 0 amide bonds. The SMILES string of the molecule is Cc1ccc2nc(-c3ccc(-c4nc5ccc(C)cc5nc4-c4ccc(-c5nc6ccccc6[nH]5)cc4)cc3)c(-c3ccc(-c4nc5ccccc5[nH]4)cc3)nc2c1. The van der Waals surface area contributed by atoms with Crippen molar-refractivity contribution in [2.24, 2.45) is 0 Å². The van der Waals surface area contributed by atoms with Crippen LogP contribution in [0.3, 0.4) is 0 Å². The Hall–Kier alpha value is -7.84. The highest BCUT2D eigenvalue weighted by molar-refractivity contribution is 5.90. The number of rotatable bonds is 6. The van der Waals surface area contributed by atoms with Gasteiger partial charge in [0.05, 0.1) is 66.9 Å². The molecule has 4 heterocycles. The highest BCUT2D eigenvalue weighted by Gasteiger charge is 2.18. The average Bonchev–Trinajstić information content (AvgIpc) is 3.91. The molecule has 0 aliphatic heterocycles. The molecular formula is C50H34N8. The minimum absolute atomic E-state index is 0.806. The van der Waals surface area contributed by atoms with Crippen LogP contribution in [0.15, 0.2) is 158 Å². The summed E-state index contributed by atoms with van der Waals surface area (Å²) in [7, 11) is 0. The lowest BCUT2D eigenvalue weighted by Gasteiger charge is -2.14. The van der Waals surface area contributed by atoms with Crippen LogP contribution in [0.1, 0.15) is 11.1 Å². The molecule has 0 saturated carbocycles. The van der Waals surface area contributed by atoms with Crippen LogP contribution >= 0.6 is 0 Å². The smallest absolute Gasteiger partial charge is 0.138 e. The molecule has 8 heteroatoms. The number of para-hydroxylation sites is 4. The van der Waals surface area contributed by atoms with Crippen molar-refractivity contribution in [3.05, 3.63) is 169 Å². The first-order valence-electron chi connectivity index (χ1n) is 19.3. The van der Waals surface area contributed by atoms with E-state index in [0.29, 0.717) is 0 Å². The van der Waals surface area contributed by atoms with Crippen molar-refractivity contribution in [2.45, 2.75) is 13.8 Å². The Morgan fingerprint density at radius 1 is 0.293 bits per heavy atom. The molecule has 0 bridgehead atoms. The fourth-order valence-electron chi connectivity index (χ4n) is 7.67. The Morgan fingerprint density at radius 3 is 0.983 bits per heavy atom. The van der Waals surface area contributed by atoms with Crippen molar-refractivity contribution in [3.63, 3.8) is 0 Å². The van der Waals surface area contributed by atoms with Crippen LogP contribution in [0, 0.1) is 13.8 Å². The maximum Gasteiger partial charge on any atom is 0.138 e. The van der Waals surface area contributed by atoms with Gasteiger partial charge in [0.1, 0.15) is 11.6 Å². The Morgan fingerprint density at radius 2 is 0.621 bits per heavy atom. The number of hydrogen-bond donors (Lipinski definition) is 2. The van der Waals surface area contributed by atoms with Gasteiger partial charge in [0.2, 0.25) is 0 Å². The van der Waals surface area contributed by atoms with Crippen molar-refractivity contribution in [1.29, 1.82) is 0 Å². The molecule has 2 N–H and O–H groups in total. The zero-order valence-corrected chi connectivity index (χ0v) is 31.7. The second kappa shape index (κ2) is 13.4. The fourth-order valence-corrected chi connectivity index (χ4v) is 7.67. The largest absolute Gasteiger partial charge is 0.338 e. The molecule has 0 spiro atoms. The molecule has 0 aliphatic carbocycles. The minimum Gasteiger partial charge on any atom is -0.338 e. The second-order valence-electron chi connectivity index (χ2n) is 14.8. The van der Waals surface area contributed by atoms with Crippen LogP contribution in [0.5, 0.6) is 0 Å². The molecule has 7 aromatic carbocycles. The number of fused-ring (bicyclic) bond motifs is 4. The maximum absolute atomic E-state index is 5.22. The summed E-state index contributed by atoms with van der Waals surface area (Å²) in [6, 6.07) is 53.8. The molecule has 0 fully saturated rings. The molecule has 8 nitrogen and oxygen atoms in total. The van der Waals surface area contributed by atoms with Crippen molar-refractivity contribution in [1.82, 2.24) is 39.9 Å². The Balaban J connectivity index is 0.988. The molecule has 0 saturated heterocycles. The zero-order chi connectivity index (χ0) is 38.7. The summed E-state index contributed by atoms with van der Waals surface area (Å²) in [5.41, 5.74) is 18.7. The predicted molar refractivity (Wildman–Crippen MR) is 234 cm³/mol. The lowest BCUT2D eigenvalue weighted by atomic mass is 9.98. The van der Waals surface area contributed by atoms with Crippen molar-refractivity contribution in [2.75, 3.05) is 0 Å². The number of imidazole rings is 2. The summed E-state index contributed by atoms with van der Waals surface area (Å²) in [6.45, 7) is 4.16. The number of H-pyrrole nitrogens is 2. The van der Waals surface area contributed by atoms with E-state index in [1.165, 1.54) is 0 Å². The van der Waals surface area contributed by atoms with Gasteiger partial charge in [-0.2, -0.15) is 0 Å². The van der Waals surface area contributed by atoms with Gasteiger partial charge in [0, 0.05) is 33.4 Å². The first kappa shape index (κ1) is 33.5. The summed E-state index contributed by atoms with van der Waals surface area (Å²) in [5.74, 6) is 1.66. The molecule has 0 unspecified atom stereocenters. The topological polar surface area (TPSA) is 109 Å².